The molecule has 0 N–H and O–H groups in total. The van der Waals surface area contributed by atoms with Crippen LogP contribution in [0.4, 0.5) is 0 Å². The van der Waals surface area contributed by atoms with Gasteiger partial charge in [-0.15, -0.1) is 0 Å². The Morgan fingerprint density at radius 3 is 2.64 bits per heavy atom. The quantitative estimate of drug-likeness (QED) is 0.367. The highest BCUT2D eigenvalue weighted by Gasteiger charge is 2.37. The zero-order valence-electron chi connectivity index (χ0n) is 19.5. The summed E-state index contributed by atoms with van der Waals surface area (Å²) >= 11 is 0. The molecule has 7 atom stereocenters. The lowest BCUT2D eigenvalue weighted by Crippen LogP contribution is -2.35. The molecule has 160 valence electrons. The highest BCUT2D eigenvalue weighted by Crippen LogP contribution is 2.45. The van der Waals surface area contributed by atoms with Gasteiger partial charge in [0.25, 0.3) is 0 Å². The van der Waals surface area contributed by atoms with Gasteiger partial charge in [0, 0.05) is 12.3 Å². The van der Waals surface area contributed by atoms with Crippen molar-refractivity contribution in [2.45, 2.75) is 99.3 Å². The number of Topliss-reactive ketones (excluding diaryl/α,β-unsaturated/α-hetero) is 1. The van der Waals surface area contributed by atoms with Crippen molar-refractivity contribution in [3.8, 4) is 0 Å². The number of rotatable bonds is 9. The minimum Gasteiger partial charge on any atom is -0.299 e. The third-order valence-corrected chi connectivity index (χ3v) is 8.04. The molecular formula is C27H46O. The normalized spacial score (nSPS) is 35.0. The predicted octanol–water partition coefficient (Wildman–Crippen LogP) is 8.01. The van der Waals surface area contributed by atoms with Crippen LogP contribution in [0.3, 0.4) is 0 Å². The van der Waals surface area contributed by atoms with E-state index < -0.39 is 0 Å². The number of allylic oxidation sites excluding steroid dienone is 4. The first-order valence-corrected chi connectivity index (χ1v) is 12.2. The highest BCUT2D eigenvalue weighted by molar-refractivity contribution is 5.81. The van der Waals surface area contributed by atoms with Crippen molar-refractivity contribution in [1.29, 1.82) is 0 Å². The number of hydrogen-bond acceptors (Lipinski definition) is 1. The molecule has 0 saturated heterocycles. The van der Waals surface area contributed by atoms with E-state index in [2.05, 4.69) is 59.8 Å². The number of ketones is 1. The summed E-state index contributed by atoms with van der Waals surface area (Å²) in [4.78, 5) is 12.7. The molecule has 0 radical (unpaired) electrons. The maximum Gasteiger partial charge on any atom is 0.135 e. The summed E-state index contributed by atoms with van der Waals surface area (Å²) < 4.78 is 0. The van der Waals surface area contributed by atoms with Gasteiger partial charge in [-0.3, -0.25) is 4.79 Å². The van der Waals surface area contributed by atoms with Gasteiger partial charge in [-0.1, -0.05) is 51.5 Å². The van der Waals surface area contributed by atoms with E-state index in [0.717, 1.165) is 36.5 Å². The van der Waals surface area contributed by atoms with E-state index in [1.807, 2.05) is 0 Å². The highest BCUT2D eigenvalue weighted by atomic mass is 16.1. The topological polar surface area (TPSA) is 17.1 Å². The van der Waals surface area contributed by atoms with E-state index >= 15 is 0 Å². The van der Waals surface area contributed by atoms with Crippen molar-refractivity contribution < 1.29 is 4.79 Å². The second-order valence-corrected chi connectivity index (χ2v) is 10.3. The molecule has 2 aliphatic carbocycles. The van der Waals surface area contributed by atoms with Gasteiger partial charge in [-0.05, 0) is 101 Å². The van der Waals surface area contributed by atoms with Gasteiger partial charge in [0.15, 0.2) is 0 Å². The van der Waals surface area contributed by atoms with Crippen molar-refractivity contribution in [2.24, 2.45) is 41.4 Å². The van der Waals surface area contributed by atoms with Crippen molar-refractivity contribution in [2.75, 3.05) is 0 Å². The number of hydrogen-bond donors (Lipinski definition) is 0. The first-order valence-electron chi connectivity index (χ1n) is 12.2. The minimum atomic E-state index is 0.340. The first-order chi connectivity index (χ1) is 13.3. The van der Waals surface area contributed by atoms with Gasteiger partial charge in [0.2, 0.25) is 0 Å². The second kappa shape index (κ2) is 11.4. The van der Waals surface area contributed by atoms with Crippen LogP contribution < -0.4 is 0 Å². The Labute approximate surface area is 175 Å². The summed E-state index contributed by atoms with van der Waals surface area (Å²) in [6.07, 6.45) is 17.9. The molecule has 6 unspecified atom stereocenters. The fourth-order valence-electron chi connectivity index (χ4n) is 5.97. The Bertz CT molecular complexity index is 542. The fourth-order valence-corrected chi connectivity index (χ4v) is 5.97. The Hall–Kier alpha value is -0.850. The van der Waals surface area contributed by atoms with Crippen LogP contribution in [0.25, 0.3) is 0 Å². The van der Waals surface area contributed by atoms with Crippen LogP contribution in [0.2, 0.25) is 0 Å². The van der Waals surface area contributed by atoms with Crippen LogP contribution in [0.1, 0.15) is 99.3 Å². The predicted molar refractivity (Wildman–Crippen MR) is 122 cm³/mol. The van der Waals surface area contributed by atoms with Gasteiger partial charge in [0.05, 0.1) is 0 Å². The first kappa shape index (κ1) is 23.4. The zero-order chi connectivity index (χ0) is 20.7. The Kier molecular flexibility index (Phi) is 9.51. The summed E-state index contributed by atoms with van der Waals surface area (Å²) in [5, 5.41) is 0. The van der Waals surface area contributed by atoms with Gasteiger partial charge in [-0.2, -0.15) is 0 Å². The second-order valence-electron chi connectivity index (χ2n) is 10.3. The van der Waals surface area contributed by atoms with Crippen LogP contribution in [-0.2, 0) is 4.79 Å². The third kappa shape index (κ3) is 6.60. The average Bonchev–Trinajstić information content (AvgIpc) is 2.68. The molecule has 0 spiro atoms. The van der Waals surface area contributed by atoms with E-state index in [0.29, 0.717) is 23.5 Å². The van der Waals surface area contributed by atoms with E-state index in [1.54, 1.807) is 0 Å². The summed E-state index contributed by atoms with van der Waals surface area (Å²) in [7, 11) is 0. The van der Waals surface area contributed by atoms with Crippen LogP contribution in [0.15, 0.2) is 23.8 Å². The summed E-state index contributed by atoms with van der Waals surface area (Å²) in [6, 6.07) is 0. The van der Waals surface area contributed by atoms with Crippen molar-refractivity contribution in [3.05, 3.63) is 23.8 Å². The average molecular weight is 387 g/mol. The molecule has 0 aromatic rings. The molecule has 2 aliphatic rings. The molecular weight excluding hydrogens is 340 g/mol. The molecule has 1 fully saturated rings. The fraction of sp³-hybridized carbons (Fsp3) is 0.815. The van der Waals surface area contributed by atoms with Crippen LogP contribution in [0.5, 0.6) is 0 Å². The summed E-state index contributed by atoms with van der Waals surface area (Å²) in [5.74, 6) is 5.32. The Balaban J connectivity index is 1.99. The third-order valence-electron chi connectivity index (χ3n) is 8.04. The van der Waals surface area contributed by atoms with Gasteiger partial charge in [0.1, 0.15) is 5.78 Å². The molecule has 0 bridgehead atoms. The molecule has 1 saturated carbocycles. The molecule has 0 amide bonds. The lowest BCUT2D eigenvalue weighted by Gasteiger charge is -2.41. The van der Waals surface area contributed by atoms with Gasteiger partial charge in [-0.25, -0.2) is 0 Å². The number of carbonyl (C=O) groups excluding carboxylic acids is 1. The van der Waals surface area contributed by atoms with Crippen molar-refractivity contribution >= 4 is 5.78 Å². The molecule has 0 heterocycles. The van der Waals surface area contributed by atoms with Crippen LogP contribution in [0, 0.1) is 41.4 Å². The monoisotopic (exact) mass is 386 g/mol. The van der Waals surface area contributed by atoms with Crippen molar-refractivity contribution in [3.63, 3.8) is 0 Å². The molecule has 0 aromatic carbocycles. The zero-order valence-corrected chi connectivity index (χ0v) is 19.5. The van der Waals surface area contributed by atoms with Gasteiger partial charge < -0.3 is 0 Å². The van der Waals surface area contributed by atoms with E-state index in [1.165, 1.54) is 50.5 Å². The lowest BCUT2D eigenvalue weighted by molar-refractivity contribution is -0.126. The molecule has 0 aliphatic heterocycles. The largest absolute Gasteiger partial charge is 0.299 e. The summed E-state index contributed by atoms with van der Waals surface area (Å²) in [5.41, 5.74) is 1.52. The van der Waals surface area contributed by atoms with Crippen LogP contribution in [-0.4, -0.2) is 5.78 Å². The summed E-state index contributed by atoms with van der Waals surface area (Å²) in [6.45, 7) is 13.7. The maximum absolute atomic E-state index is 12.7. The standard InChI is InChI=1S/C27H46O/c1-7-19(3)12-13-20(4)16-23-14-15-25(27(28)8-2)24(17-23)18-26-21(5)10-9-11-22(26)6/h7,9-10,20-26H,8,11-18H2,1-6H3/b19-7-/t20?,21?,22?,23?,24-,25?,26?/m1/s1. The Morgan fingerprint density at radius 2 is 2.00 bits per heavy atom. The SMILES string of the molecule is C/C=C(/C)CCC(C)CC1CCC(C(=O)CC)[C@@H](CC2C(C)C=CCC2C)C1. The van der Waals surface area contributed by atoms with Crippen molar-refractivity contribution in [1.82, 2.24) is 0 Å². The molecule has 0 aromatic heterocycles. The number of carbonyl (C=O) groups is 1. The van der Waals surface area contributed by atoms with E-state index in [-0.39, 0.29) is 0 Å². The molecule has 28 heavy (non-hydrogen) atoms. The smallest absolute Gasteiger partial charge is 0.135 e. The van der Waals surface area contributed by atoms with E-state index in [4.69, 9.17) is 0 Å². The minimum absolute atomic E-state index is 0.340. The molecule has 1 nitrogen and oxygen atoms in total. The Morgan fingerprint density at radius 1 is 1.25 bits per heavy atom. The molecule has 2 rings (SSSR count). The van der Waals surface area contributed by atoms with E-state index in [9.17, 15) is 4.79 Å². The van der Waals surface area contributed by atoms with Crippen LogP contribution >= 0.6 is 0 Å². The lowest BCUT2D eigenvalue weighted by atomic mass is 9.64. The maximum atomic E-state index is 12.7. The van der Waals surface area contributed by atoms with Gasteiger partial charge >= 0.3 is 0 Å². The molecule has 1 heteroatoms.